The van der Waals surface area contributed by atoms with E-state index >= 15 is 0 Å². The molecule has 0 spiro atoms. The van der Waals surface area contributed by atoms with Crippen molar-refractivity contribution in [1.29, 1.82) is 0 Å². The topological polar surface area (TPSA) is 257 Å². The van der Waals surface area contributed by atoms with Crippen molar-refractivity contribution in [3.05, 3.63) is 53.9 Å². The maximum absolute atomic E-state index is 12.6. The molecule has 2 saturated carbocycles. The second-order valence-corrected chi connectivity index (χ2v) is 15.7. The van der Waals surface area contributed by atoms with Gasteiger partial charge in [-0.1, -0.05) is 32.6 Å². The molecule has 312 valence electrons. The van der Waals surface area contributed by atoms with E-state index in [4.69, 9.17) is 20.9 Å². The van der Waals surface area contributed by atoms with Gasteiger partial charge in [0.1, 0.15) is 11.1 Å². The van der Waals surface area contributed by atoms with Gasteiger partial charge in [-0.3, -0.25) is 9.59 Å². The number of nitrogens with two attached hydrogens (primary N) is 2. The second kappa shape index (κ2) is 18.2. The van der Waals surface area contributed by atoms with Crippen LogP contribution in [0.4, 0.5) is 40.9 Å². The molecular formula is C40H53N15O4. The summed E-state index contributed by atoms with van der Waals surface area (Å²) in [6.07, 6.45) is 14.0. The summed E-state index contributed by atoms with van der Waals surface area (Å²) in [6.45, 7) is 4.64. The SMILES string of the molecule is CC1CCN(c2ccc(Nc3nc(NC4CCCCC4N)nc4c3C(=O)NCO4)cc2)CC1.NC1CCCCC1Nc1nc(Nc2ncccn2)c2c(n1)OCNC2=O. The lowest BCUT2D eigenvalue weighted by atomic mass is 9.91. The van der Waals surface area contributed by atoms with Crippen molar-refractivity contribution in [3.63, 3.8) is 0 Å². The zero-order valence-electron chi connectivity index (χ0n) is 33.2. The summed E-state index contributed by atoms with van der Waals surface area (Å²) in [5.41, 5.74) is 15.1. The van der Waals surface area contributed by atoms with E-state index in [1.807, 2.05) is 12.1 Å². The van der Waals surface area contributed by atoms with Gasteiger partial charge in [0, 0.05) is 61.0 Å². The first-order valence-electron chi connectivity index (χ1n) is 20.6. The molecule has 4 unspecified atom stereocenters. The Morgan fingerprint density at radius 1 is 0.661 bits per heavy atom. The fraction of sp³-hybridized carbons (Fsp3) is 0.500. The van der Waals surface area contributed by atoms with Crippen LogP contribution in [0.15, 0.2) is 42.7 Å². The van der Waals surface area contributed by atoms with Gasteiger partial charge in [-0.15, -0.1) is 0 Å². The number of nitrogens with zero attached hydrogens (tertiary/aromatic N) is 7. The average molecular weight is 808 g/mol. The van der Waals surface area contributed by atoms with Crippen LogP contribution in [0.5, 0.6) is 11.8 Å². The molecule has 1 saturated heterocycles. The third kappa shape index (κ3) is 9.63. The molecule has 3 fully saturated rings. The molecule has 10 N–H and O–H groups in total. The molecule has 19 heteroatoms. The maximum Gasteiger partial charge on any atom is 0.263 e. The number of amides is 2. The smallest absolute Gasteiger partial charge is 0.263 e. The number of ether oxygens (including phenoxy) is 2. The molecule has 1 aromatic carbocycles. The van der Waals surface area contributed by atoms with E-state index in [1.165, 1.54) is 18.5 Å². The number of hydrogen-bond donors (Lipinski definition) is 8. The fourth-order valence-electron chi connectivity index (χ4n) is 7.96. The highest BCUT2D eigenvalue weighted by molar-refractivity contribution is 6.03. The van der Waals surface area contributed by atoms with E-state index in [2.05, 4.69) is 85.8 Å². The molecule has 5 aliphatic rings. The lowest BCUT2D eigenvalue weighted by Gasteiger charge is -2.32. The zero-order valence-corrected chi connectivity index (χ0v) is 33.2. The van der Waals surface area contributed by atoms with Crippen molar-refractivity contribution in [3.8, 4) is 11.8 Å². The lowest BCUT2D eigenvalue weighted by molar-refractivity contribution is 0.0869. The van der Waals surface area contributed by atoms with E-state index in [0.29, 0.717) is 29.2 Å². The van der Waals surface area contributed by atoms with Crippen LogP contribution >= 0.6 is 0 Å². The van der Waals surface area contributed by atoms with Crippen molar-refractivity contribution in [2.75, 3.05) is 52.7 Å². The van der Waals surface area contributed by atoms with Crippen LogP contribution in [0.25, 0.3) is 0 Å². The highest BCUT2D eigenvalue weighted by Crippen LogP contribution is 2.33. The monoisotopic (exact) mass is 807 g/mol. The Morgan fingerprint density at radius 3 is 1.69 bits per heavy atom. The summed E-state index contributed by atoms with van der Waals surface area (Å²) in [5, 5.41) is 18.2. The fourth-order valence-corrected chi connectivity index (χ4v) is 7.96. The Kier molecular flexibility index (Phi) is 12.3. The molecule has 9 rings (SSSR count). The van der Waals surface area contributed by atoms with Gasteiger partial charge in [-0.2, -0.15) is 19.9 Å². The summed E-state index contributed by atoms with van der Waals surface area (Å²) in [5.74, 6) is 2.54. The highest BCUT2D eigenvalue weighted by atomic mass is 16.5. The number of anilines is 7. The average Bonchev–Trinajstić information content (AvgIpc) is 3.24. The van der Waals surface area contributed by atoms with E-state index in [0.717, 1.165) is 76.1 Å². The molecule has 3 aromatic heterocycles. The van der Waals surface area contributed by atoms with Gasteiger partial charge in [0.2, 0.25) is 29.6 Å². The van der Waals surface area contributed by atoms with Crippen molar-refractivity contribution < 1.29 is 19.1 Å². The molecule has 19 nitrogen and oxygen atoms in total. The lowest BCUT2D eigenvalue weighted by Crippen LogP contribution is -2.43. The number of benzene rings is 1. The molecule has 6 heterocycles. The van der Waals surface area contributed by atoms with Crippen LogP contribution in [0, 0.1) is 5.92 Å². The molecule has 4 atom stereocenters. The molecule has 2 amide bonds. The number of piperidine rings is 1. The van der Waals surface area contributed by atoms with Crippen LogP contribution in [-0.2, 0) is 0 Å². The number of carbonyl (C=O) groups is 2. The number of aromatic nitrogens is 6. The highest BCUT2D eigenvalue weighted by Gasteiger charge is 2.30. The third-order valence-electron chi connectivity index (χ3n) is 11.4. The number of nitrogens with one attached hydrogen (secondary N) is 6. The van der Waals surface area contributed by atoms with Crippen LogP contribution in [-0.4, -0.2) is 92.4 Å². The van der Waals surface area contributed by atoms with Crippen molar-refractivity contribution in [2.24, 2.45) is 17.4 Å². The minimum atomic E-state index is -0.314. The Hall–Kier alpha value is -6.08. The minimum Gasteiger partial charge on any atom is -0.456 e. The number of hydrogen-bond acceptors (Lipinski definition) is 17. The molecule has 0 radical (unpaired) electrons. The van der Waals surface area contributed by atoms with Gasteiger partial charge in [0.15, 0.2) is 25.1 Å². The van der Waals surface area contributed by atoms with E-state index < -0.39 is 0 Å². The first kappa shape index (κ1) is 39.7. The quantitative estimate of drug-likeness (QED) is 0.119. The van der Waals surface area contributed by atoms with Crippen LogP contribution < -0.4 is 57.7 Å². The summed E-state index contributed by atoms with van der Waals surface area (Å²) in [6, 6.07) is 10.3. The number of fused-ring (bicyclic) bond motifs is 2. The Morgan fingerprint density at radius 2 is 1.17 bits per heavy atom. The van der Waals surface area contributed by atoms with Crippen LogP contribution in [0.3, 0.4) is 0 Å². The minimum absolute atomic E-state index is 0.0430. The van der Waals surface area contributed by atoms with Crippen LogP contribution in [0.1, 0.15) is 91.8 Å². The molecule has 4 aromatic rings. The number of carbonyl (C=O) groups excluding carboxylic acids is 2. The molecule has 3 aliphatic heterocycles. The Balaban J connectivity index is 0.000000169. The van der Waals surface area contributed by atoms with Gasteiger partial charge in [0.25, 0.3) is 11.8 Å². The van der Waals surface area contributed by atoms with Gasteiger partial charge in [-0.05, 0) is 74.8 Å². The number of rotatable bonds is 9. The second-order valence-electron chi connectivity index (χ2n) is 15.7. The van der Waals surface area contributed by atoms with E-state index in [-0.39, 0.29) is 72.6 Å². The van der Waals surface area contributed by atoms with E-state index in [9.17, 15) is 9.59 Å². The predicted octanol–water partition coefficient (Wildman–Crippen LogP) is 3.99. The first-order chi connectivity index (χ1) is 28.8. The van der Waals surface area contributed by atoms with E-state index in [1.54, 1.807) is 18.5 Å². The summed E-state index contributed by atoms with van der Waals surface area (Å²) < 4.78 is 11.1. The predicted molar refractivity (Wildman–Crippen MR) is 223 cm³/mol. The maximum atomic E-state index is 12.6. The summed E-state index contributed by atoms with van der Waals surface area (Å²) >= 11 is 0. The van der Waals surface area contributed by atoms with Gasteiger partial charge in [-0.25, -0.2) is 9.97 Å². The van der Waals surface area contributed by atoms with Crippen molar-refractivity contribution >= 4 is 52.7 Å². The van der Waals surface area contributed by atoms with Gasteiger partial charge in [0.05, 0.1) is 0 Å². The van der Waals surface area contributed by atoms with Crippen molar-refractivity contribution in [2.45, 2.75) is 95.3 Å². The van der Waals surface area contributed by atoms with Crippen LogP contribution in [0.2, 0.25) is 0 Å². The van der Waals surface area contributed by atoms with Gasteiger partial charge < -0.3 is 57.7 Å². The summed E-state index contributed by atoms with van der Waals surface area (Å²) in [7, 11) is 0. The zero-order chi connectivity index (χ0) is 40.7. The summed E-state index contributed by atoms with van der Waals surface area (Å²) in [4.78, 5) is 53.4. The molecule has 59 heavy (non-hydrogen) atoms. The normalized spacial score (nSPS) is 22.7. The third-order valence-corrected chi connectivity index (χ3v) is 11.4. The molecular weight excluding hydrogens is 755 g/mol. The molecule has 0 bridgehead atoms. The first-order valence-corrected chi connectivity index (χ1v) is 20.6. The standard InChI is InChI=1S/C24H33N7O2.C16H20N8O2/c1-15-10-12-31(13-11-15)17-8-6-16(7-9-17)27-21-20-22(32)26-14-33-23(20)30-24(29-21)28-19-5-3-2-4-18(19)25;17-9-4-1-2-5-10(9)21-16-23-12(22-15-18-6-3-7-19-15)11-13(25)20-8-26-14(11)24-16/h6-9,15,18-19H,2-5,10-14,25H2,1H3,(H,26,32)(H2,27,28,29,30);3,6-7,9-10H,1-2,4-5,8,17H2,(H,20,25)(H2,18,19,21,22,23,24). The van der Waals surface area contributed by atoms with Gasteiger partial charge >= 0.3 is 0 Å². The largest absolute Gasteiger partial charge is 0.456 e. The Bertz CT molecular complexity index is 2080. The molecule has 2 aliphatic carbocycles. The van der Waals surface area contributed by atoms with Crippen molar-refractivity contribution in [1.82, 2.24) is 40.5 Å². The Labute approximate surface area is 342 Å².